The normalized spacial score (nSPS) is 18.0. The monoisotopic (exact) mass is 333 g/mol. The third-order valence-corrected chi connectivity index (χ3v) is 3.99. The first-order valence-corrected chi connectivity index (χ1v) is 8.29. The summed E-state index contributed by atoms with van der Waals surface area (Å²) in [4.78, 5) is 22.6. The van der Waals surface area contributed by atoms with Crippen LogP contribution >= 0.6 is 0 Å². The van der Waals surface area contributed by atoms with E-state index in [2.05, 4.69) is 20.6 Å². The van der Waals surface area contributed by atoms with Gasteiger partial charge in [-0.1, -0.05) is 19.9 Å². The number of methoxy groups -OCH3 is 1. The van der Waals surface area contributed by atoms with Crippen LogP contribution in [0, 0.1) is 5.92 Å². The third-order valence-electron chi connectivity index (χ3n) is 3.99. The molecule has 1 aliphatic rings. The summed E-state index contributed by atoms with van der Waals surface area (Å²) >= 11 is 0. The molecule has 0 radical (unpaired) electrons. The van der Waals surface area contributed by atoms with Crippen molar-refractivity contribution in [2.45, 2.75) is 32.9 Å². The van der Waals surface area contributed by atoms with Gasteiger partial charge in [0, 0.05) is 38.2 Å². The Morgan fingerprint density at radius 3 is 2.96 bits per heavy atom. The molecule has 2 N–H and O–H groups in total. The Hall–Kier alpha value is -2.31. The second kappa shape index (κ2) is 8.52. The van der Waals surface area contributed by atoms with E-state index in [1.807, 2.05) is 36.9 Å². The molecule has 1 fully saturated rings. The number of rotatable bonds is 5. The molecule has 1 atom stereocenters. The van der Waals surface area contributed by atoms with E-state index in [4.69, 9.17) is 4.74 Å². The molecule has 2 heterocycles. The fourth-order valence-electron chi connectivity index (χ4n) is 2.68. The van der Waals surface area contributed by atoms with E-state index in [-0.39, 0.29) is 17.9 Å². The van der Waals surface area contributed by atoms with Gasteiger partial charge in [0.05, 0.1) is 19.3 Å². The van der Waals surface area contributed by atoms with Crippen LogP contribution < -0.4 is 15.4 Å². The maximum atomic E-state index is 12.0. The van der Waals surface area contributed by atoms with Crippen molar-refractivity contribution < 1.29 is 9.53 Å². The molecule has 0 aromatic carbocycles. The molecule has 0 aliphatic carbocycles. The second-order valence-electron chi connectivity index (χ2n) is 6.17. The van der Waals surface area contributed by atoms with Crippen LogP contribution in [0.5, 0.6) is 5.88 Å². The lowest BCUT2D eigenvalue weighted by atomic mass is 10.2. The highest BCUT2D eigenvalue weighted by atomic mass is 16.5. The van der Waals surface area contributed by atoms with Gasteiger partial charge in [-0.3, -0.25) is 9.79 Å². The van der Waals surface area contributed by atoms with Crippen LogP contribution in [-0.4, -0.2) is 55.0 Å². The molecular weight excluding hydrogens is 306 g/mol. The predicted molar refractivity (Wildman–Crippen MR) is 93.9 cm³/mol. The van der Waals surface area contributed by atoms with Gasteiger partial charge >= 0.3 is 0 Å². The van der Waals surface area contributed by atoms with Crippen molar-refractivity contribution in [3.63, 3.8) is 0 Å². The van der Waals surface area contributed by atoms with Gasteiger partial charge in [-0.2, -0.15) is 0 Å². The minimum Gasteiger partial charge on any atom is -0.481 e. The van der Waals surface area contributed by atoms with E-state index in [9.17, 15) is 4.79 Å². The standard InChI is InChI=1S/C17H27N5O2/c1-12(2)16(23)22-9-8-14(11-22)21-17(18-3)19-10-13-6-5-7-15(20-13)24-4/h5-7,12,14H,8-11H2,1-4H3,(H2,18,19,21). The highest BCUT2D eigenvalue weighted by Gasteiger charge is 2.27. The number of hydrogen-bond acceptors (Lipinski definition) is 4. The van der Waals surface area contributed by atoms with Crippen LogP contribution in [0.25, 0.3) is 0 Å². The molecule has 7 nitrogen and oxygen atoms in total. The van der Waals surface area contributed by atoms with Crippen molar-refractivity contribution in [3.8, 4) is 5.88 Å². The number of carbonyl (C=O) groups excluding carboxylic acids is 1. The SMILES string of the molecule is CN=C(NCc1cccc(OC)n1)NC1CCN(C(=O)C(C)C)C1. The van der Waals surface area contributed by atoms with Gasteiger partial charge in [-0.25, -0.2) is 4.98 Å². The smallest absolute Gasteiger partial charge is 0.225 e. The van der Waals surface area contributed by atoms with Crippen molar-refractivity contribution in [2.75, 3.05) is 27.2 Å². The van der Waals surface area contributed by atoms with E-state index < -0.39 is 0 Å². The lowest BCUT2D eigenvalue weighted by molar-refractivity contribution is -0.133. The fourth-order valence-corrected chi connectivity index (χ4v) is 2.68. The molecule has 1 aromatic heterocycles. The highest BCUT2D eigenvalue weighted by Crippen LogP contribution is 2.12. The average molecular weight is 333 g/mol. The van der Waals surface area contributed by atoms with Crippen molar-refractivity contribution >= 4 is 11.9 Å². The summed E-state index contributed by atoms with van der Waals surface area (Å²) in [5.41, 5.74) is 0.875. The van der Waals surface area contributed by atoms with Crippen LogP contribution in [0.1, 0.15) is 26.0 Å². The Bertz CT molecular complexity index is 588. The lowest BCUT2D eigenvalue weighted by Crippen LogP contribution is -2.45. The first kappa shape index (κ1) is 18.0. The topological polar surface area (TPSA) is 78.9 Å². The number of hydrogen-bond donors (Lipinski definition) is 2. The number of aliphatic imine (C=N–C) groups is 1. The summed E-state index contributed by atoms with van der Waals surface area (Å²) in [5, 5.41) is 6.62. The Kier molecular flexibility index (Phi) is 6.40. The summed E-state index contributed by atoms with van der Waals surface area (Å²) < 4.78 is 5.13. The van der Waals surface area contributed by atoms with Crippen molar-refractivity contribution in [1.82, 2.24) is 20.5 Å². The molecule has 0 saturated carbocycles. The largest absolute Gasteiger partial charge is 0.481 e. The maximum Gasteiger partial charge on any atom is 0.225 e. The zero-order valence-corrected chi connectivity index (χ0v) is 14.9. The number of nitrogens with zero attached hydrogens (tertiary/aromatic N) is 3. The molecule has 1 amide bonds. The number of guanidine groups is 1. The maximum absolute atomic E-state index is 12.0. The molecule has 1 aromatic rings. The Morgan fingerprint density at radius 2 is 2.29 bits per heavy atom. The number of aromatic nitrogens is 1. The minimum absolute atomic E-state index is 0.0420. The summed E-state index contributed by atoms with van der Waals surface area (Å²) in [5.74, 6) is 1.56. The molecule has 0 spiro atoms. The number of pyridine rings is 1. The number of nitrogens with one attached hydrogen (secondary N) is 2. The van der Waals surface area contributed by atoms with Gasteiger partial charge in [0.2, 0.25) is 11.8 Å². The summed E-state index contributed by atoms with van der Waals surface area (Å²) in [6.07, 6.45) is 0.927. The third kappa shape index (κ3) is 4.84. The van der Waals surface area contributed by atoms with Crippen LogP contribution in [0.3, 0.4) is 0 Å². The van der Waals surface area contributed by atoms with E-state index in [1.165, 1.54) is 0 Å². The van der Waals surface area contributed by atoms with Gasteiger partial charge in [0.15, 0.2) is 5.96 Å². The molecule has 7 heteroatoms. The van der Waals surface area contributed by atoms with Crippen LogP contribution in [0.15, 0.2) is 23.2 Å². The predicted octanol–water partition coefficient (Wildman–Crippen LogP) is 1.01. The summed E-state index contributed by atoms with van der Waals surface area (Å²) in [7, 11) is 3.34. The number of carbonyl (C=O) groups is 1. The summed E-state index contributed by atoms with van der Waals surface area (Å²) in [6, 6.07) is 5.87. The molecular formula is C17H27N5O2. The zero-order chi connectivity index (χ0) is 17.5. The van der Waals surface area contributed by atoms with Crippen LogP contribution in [-0.2, 0) is 11.3 Å². The first-order chi connectivity index (χ1) is 11.5. The lowest BCUT2D eigenvalue weighted by Gasteiger charge is -2.20. The van der Waals surface area contributed by atoms with E-state index >= 15 is 0 Å². The Morgan fingerprint density at radius 1 is 1.50 bits per heavy atom. The summed E-state index contributed by atoms with van der Waals surface area (Å²) in [6.45, 7) is 5.94. The van der Waals surface area contributed by atoms with Gasteiger partial charge in [0.25, 0.3) is 0 Å². The molecule has 0 bridgehead atoms. The van der Waals surface area contributed by atoms with Gasteiger partial charge < -0.3 is 20.3 Å². The number of amides is 1. The van der Waals surface area contributed by atoms with E-state index in [0.717, 1.165) is 25.2 Å². The van der Waals surface area contributed by atoms with Gasteiger partial charge in [-0.05, 0) is 12.5 Å². The van der Waals surface area contributed by atoms with Gasteiger partial charge in [0.1, 0.15) is 0 Å². The minimum atomic E-state index is 0.0420. The van der Waals surface area contributed by atoms with Gasteiger partial charge in [-0.15, -0.1) is 0 Å². The molecule has 1 saturated heterocycles. The highest BCUT2D eigenvalue weighted by molar-refractivity contribution is 5.81. The Balaban J connectivity index is 1.84. The second-order valence-corrected chi connectivity index (χ2v) is 6.17. The number of ether oxygens (including phenoxy) is 1. The Labute approximate surface area is 143 Å². The quantitative estimate of drug-likeness (QED) is 0.621. The molecule has 132 valence electrons. The van der Waals surface area contributed by atoms with Crippen molar-refractivity contribution in [2.24, 2.45) is 10.9 Å². The van der Waals surface area contributed by atoms with Crippen molar-refractivity contribution in [1.29, 1.82) is 0 Å². The molecule has 1 aliphatic heterocycles. The van der Waals surface area contributed by atoms with Crippen LogP contribution in [0.2, 0.25) is 0 Å². The number of likely N-dealkylation sites (tertiary alicyclic amines) is 1. The molecule has 2 rings (SSSR count). The van der Waals surface area contributed by atoms with Crippen LogP contribution in [0.4, 0.5) is 0 Å². The average Bonchev–Trinajstić information content (AvgIpc) is 3.06. The van der Waals surface area contributed by atoms with Crippen molar-refractivity contribution in [3.05, 3.63) is 23.9 Å². The van der Waals surface area contributed by atoms with E-state index in [1.54, 1.807) is 14.2 Å². The van der Waals surface area contributed by atoms with E-state index in [0.29, 0.717) is 18.4 Å². The molecule has 1 unspecified atom stereocenters. The fraction of sp³-hybridized carbons (Fsp3) is 0.588. The first-order valence-electron chi connectivity index (χ1n) is 8.29. The zero-order valence-electron chi connectivity index (χ0n) is 14.9. The molecule has 24 heavy (non-hydrogen) atoms.